The number of ether oxygens (including phenoxy) is 1. The number of aromatic hydroxyl groups is 1. The highest BCUT2D eigenvalue weighted by Gasteiger charge is 2.18. The molecular weight excluding hydrogens is 262 g/mol. The van der Waals surface area contributed by atoms with Gasteiger partial charge in [0.25, 0.3) is 0 Å². The topological polar surface area (TPSA) is 32.7 Å². The standard InChI is InChI=1S/C18H25NO2/c1-18(2,3)16-10-9-15(12-17(16)20)21-14-8-6-7-13(11-14)19(4)5/h7,9-12,20H,6,8H2,1-5H3. The van der Waals surface area contributed by atoms with Crippen molar-refractivity contribution in [3.8, 4) is 11.5 Å². The maximum Gasteiger partial charge on any atom is 0.130 e. The van der Waals surface area contributed by atoms with Crippen LogP contribution in [0.25, 0.3) is 0 Å². The molecule has 1 aromatic rings. The van der Waals surface area contributed by atoms with Crippen molar-refractivity contribution in [3.05, 3.63) is 47.4 Å². The molecule has 1 aliphatic rings. The lowest BCUT2D eigenvalue weighted by molar-refractivity contribution is 0.387. The molecule has 21 heavy (non-hydrogen) atoms. The van der Waals surface area contributed by atoms with Crippen molar-refractivity contribution in [2.24, 2.45) is 0 Å². The summed E-state index contributed by atoms with van der Waals surface area (Å²) in [6, 6.07) is 5.57. The third kappa shape index (κ3) is 3.81. The van der Waals surface area contributed by atoms with Crippen LogP contribution in [0.15, 0.2) is 41.8 Å². The van der Waals surface area contributed by atoms with E-state index < -0.39 is 0 Å². The van der Waals surface area contributed by atoms with E-state index in [9.17, 15) is 5.11 Å². The molecule has 0 fully saturated rings. The van der Waals surface area contributed by atoms with Crippen LogP contribution in [0.3, 0.4) is 0 Å². The van der Waals surface area contributed by atoms with Crippen LogP contribution >= 0.6 is 0 Å². The lowest BCUT2D eigenvalue weighted by atomic mass is 9.86. The van der Waals surface area contributed by atoms with E-state index in [0.29, 0.717) is 11.5 Å². The first-order chi connectivity index (χ1) is 9.77. The number of hydrogen-bond acceptors (Lipinski definition) is 3. The molecule has 1 N–H and O–H groups in total. The summed E-state index contributed by atoms with van der Waals surface area (Å²) in [6.07, 6.45) is 6.12. The first kappa shape index (κ1) is 15.5. The summed E-state index contributed by atoms with van der Waals surface area (Å²) >= 11 is 0. The molecule has 1 aliphatic carbocycles. The molecular formula is C18H25NO2. The fraction of sp³-hybridized carbons (Fsp3) is 0.444. The van der Waals surface area contributed by atoms with Gasteiger partial charge < -0.3 is 14.7 Å². The zero-order valence-corrected chi connectivity index (χ0v) is 13.6. The second-order valence-corrected chi connectivity index (χ2v) is 6.70. The average Bonchev–Trinajstić information content (AvgIpc) is 2.37. The summed E-state index contributed by atoms with van der Waals surface area (Å²) in [4.78, 5) is 2.07. The normalized spacial score (nSPS) is 15.3. The van der Waals surface area contributed by atoms with Crippen molar-refractivity contribution in [3.63, 3.8) is 0 Å². The Morgan fingerprint density at radius 1 is 1.19 bits per heavy atom. The zero-order valence-electron chi connectivity index (χ0n) is 13.6. The van der Waals surface area contributed by atoms with Crippen LogP contribution in [0.5, 0.6) is 11.5 Å². The number of rotatable bonds is 3. The van der Waals surface area contributed by atoms with Gasteiger partial charge in [-0.05, 0) is 29.5 Å². The van der Waals surface area contributed by atoms with E-state index in [1.54, 1.807) is 6.07 Å². The molecule has 0 atom stereocenters. The van der Waals surface area contributed by atoms with Crippen LogP contribution in [-0.4, -0.2) is 24.1 Å². The molecule has 0 aromatic heterocycles. The van der Waals surface area contributed by atoms with E-state index in [0.717, 1.165) is 29.9 Å². The Balaban J connectivity index is 2.18. The highest BCUT2D eigenvalue weighted by molar-refractivity contribution is 5.44. The van der Waals surface area contributed by atoms with Crippen molar-refractivity contribution in [2.45, 2.75) is 39.0 Å². The van der Waals surface area contributed by atoms with Gasteiger partial charge in [0, 0.05) is 32.3 Å². The largest absolute Gasteiger partial charge is 0.508 e. The number of phenols is 1. The lowest BCUT2D eigenvalue weighted by Gasteiger charge is -2.22. The third-order valence-corrected chi connectivity index (χ3v) is 3.60. The highest BCUT2D eigenvalue weighted by Crippen LogP contribution is 2.34. The third-order valence-electron chi connectivity index (χ3n) is 3.60. The molecule has 1 aromatic carbocycles. The van der Waals surface area contributed by atoms with Gasteiger partial charge >= 0.3 is 0 Å². The van der Waals surface area contributed by atoms with Crippen molar-refractivity contribution >= 4 is 0 Å². The molecule has 0 saturated carbocycles. The fourth-order valence-corrected chi connectivity index (χ4v) is 2.41. The first-order valence-electron chi connectivity index (χ1n) is 7.37. The molecule has 0 bridgehead atoms. The minimum atomic E-state index is -0.0758. The Bertz CT molecular complexity index is 577. The van der Waals surface area contributed by atoms with E-state index in [4.69, 9.17) is 4.74 Å². The Labute approximate surface area is 127 Å². The van der Waals surface area contributed by atoms with Gasteiger partial charge in [-0.25, -0.2) is 0 Å². The summed E-state index contributed by atoms with van der Waals surface area (Å²) in [7, 11) is 4.05. The Morgan fingerprint density at radius 3 is 2.48 bits per heavy atom. The highest BCUT2D eigenvalue weighted by atomic mass is 16.5. The second kappa shape index (κ2) is 5.84. The van der Waals surface area contributed by atoms with Crippen molar-refractivity contribution < 1.29 is 9.84 Å². The van der Waals surface area contributed by atoms with Crippen molar-refractivity contribution in [2.75, 3.05) is 14.1 Å². The van der Waals surface area contributed by atoms with Crippen LogP contribution in [0, 0.1) is 0 Å². The number of benzene rings is 1. The molecule has 3 heteroatoms. The van der Waals surface area contributed by atoms with Gasteiger partial charge in [-0.15, -0.1) is 0 Å². The van der Waals surface area contributed by atoms with Crippen LogP contribution in [0.2, 0.25) is 0 Å². The Morgan fingerprint density at radius 2 is 1.90 bits per heavy atom. The molecule has 0 spiro atoms. The molecule has 0 heterocycles. The molecule has 114 valence electrons. The number of phenolic OH excluding ortho intramolecular Hbond substituents is 1. The first-order valence-corrected chi connectivity index (χ1v) is 7.37. The fourth-order valence-electron chi connectivity index (χ4n) is 2.41. The second-order valence-electron chi connectivity index (χ2n) is 6.70. The van der Waals surface area contributed by atoms with Crippen LogP contribution in [-0.2, 0) is 5.41 Å². The predicted molar refractivity (Wildman–Crippen MR) is 86.5 cm³/mol. The van der Waals surface area contributed by atoms with Gasteiger partial charge in [-0.3, -0.25) is 0 Å². The quantitative estimate of drug-likeness (QED) is 0.904. The van der Waals surface area contributed by atoms with Crippen LogP contribution < -0.4 is 4.74 Å². The van der Waals surface area contributed by atoms with E-state index >= 15 is 0 Å². The minimum absolute atomic E-state index is 0.0758. The van der Waals surface area contributed by atoms with Crippen molar-refractivity contribution in [1.82, 2.24) is 4.90 Å². The Hall–Kier alpha value is -1.90. The Kier molecular flexibility index (Phi) is 4.31. The molecule has 3 nitrogen and oxygen atoms in total. The van der Waals surface area contributed by atoms with Gasteiger partial charge in [-0.2, -0.15) is 0 Å². The minimum Gasteiger partial charge on any atom is -0.508 e. The van der Waals surface area contributed by atoms with E-state index in [1.165, 1.54) is 0 Å². The molecule has 0 saturated heterocycles. The van der Waals surface area contributed by atoms with Gasteiger partial charge in [-0.1, -0.05) is 32.9 Å². The van der Waals surface area contributed by atoms with Crippen LogP contribution in [0.1, 0.15) is 39.2 Å². The van der Waals surface area contributed by atoms with Gasteiger partial charge in [0.1, 0.15) is 17.3 Å². The summed E-state index contributed by atoms with van der Waals surface area (Å²) in [5.41, 5.74) is 2.02. The maximum absolute atomic E-state index is 10.2. The molecule has 0 unspecified atom stereocenters. The zero-order chi connectivity index (χ0) is 15.6. The number of nitrogens with zero attached hydrogens (tertiary/aromatic N) is 1. The van der Waals surface area contributed by atoms with Crippen molar-refractivity contribution in [1.29, 1.82) is 0 Å². The summed E-state index contributed by atoms with van der Waals surface area (Å²) in [5, 5.41) is 10.2. The number of likely N-dealkylation sites (N-methyl/N-ethyl adjacent to an activating group) is 1. The average molecular weight is 287 g/mol. The lowest BCUT2D eigenvalue weighted by Crippen LogP contribution is -2.13. The molecule has 0 aliphatic heterocycles. The van der Waals surface area contributed by atoms with Gasteiger partial charge in [0.2, 0.25) is 0 Å². The van der Waals surface area contributed by atoms with E-state index in [1.807, 2.05) is 26.2 Å². The smallest absolute Gasteiger partial charge is 0.130 e. The number of allylic oxidation sites excluding steroid dienone is 3. The van der Waals surface area contributed by atoms with E-state index in [2.05, 4.69) is 37.8 Å². The molecule has 2 rings (SSSR count). The summed E-state index contributed by atoms with van der Waals surface area (Å²) in [5.74, 6) is 1.91. The van der Waals surface area contributed by atoms with E-state index in [-0.39, 0.29) is 5.41 Å². The maximum atomic E-state index is 10.2. The SMILES string of the molecule is CN(C)C1=CCCC(Oc2ccc(C(C)(C)C)c(O)c2)=C1. The predicted octanol–water partition coefficient (Wildman–Crippen LogP) is 4.19. The van der Waals surface area contributed by atoms with Gasteiger partial charge in [0.05, 0.1) is 0 Å². The summed E-state index contributed by atoms with van der Waals surface area (Å²) in [6.45, 7) is 6.25. The van der Waals surface area contributed by atoms with Crippen LogP contribution in [0.4, 0.5) is 0 Å². The summed E-state index contributed by atoms with van der Waals surface area (Å²) < 4.78 is 5.92. The monoisotopic (exact) mass is 287 g/mol. The molecule has 0 radical (unpaired) electrons. The van der Waals surface area contributed by atoms with Gasteiger partial charge in [0.15, 0.2) is 0 Å². The molecule has 0 amide bonds. The number of hydrogen-bond donors (Lipinski definition) is 1.